The Balaban J connectivity index is 2.19. The van der Waals surface area contributed by atoms with E-state index in [0.29, 0.717) is 6.54 Å². The highest BCUT2D eigenvalue weighted by Crippen LogP contribution is 2.26. The second-order valence-electron chi connectivity index (χ2n) is 4.58. The van der Waals surface area contributed by atoms with Crippen molar-refractivity contribution >= 4 is 15.9 Å². The maximum Gasteiger partial charge on any atom is 0.302 e. The first-order valence-corrected chi connectivity index (χ1v) is 7.52. The highest BCUT2D eigenvalue weighted by molar-refractivity contribution is 7.90. The molecule has 1 aliphatic rings. The highest BCUT2D eigenvalue weighted by atomic mass is 32.2. The number of phenols is 1. The van der Waals surface area contributed by atoms with Gasteiger partial charge in [-0.2, -0.15) is 12.7 Å². The predicted molar refractivity (Wildman–Crippen MR) is 70.7 cm³/mol. The third kappa shape index (κ3) is 2.76. The molecule has 1 fully saturated rings. The van der Waals surface area contributed by atoms with Crippen LogP contribution < -0.4 is 4.72 Å². The maximum atomic E-state index is 12.2. The second-order valence-corrected chi connectivity index (χ2v) is 6.20. The third-order valence-electron chi connectivity index (χ3n) is 3.19. The van der Waals surface area contributed by atoms with Crippen LogP contribution in [0.15, 0.2) is 24.3 Å². The predicted octanol–water partition coefficient (Wildman–Crippen LogP) is 1.92. The SMILES string of the molecule is CC1CCCCN1S(=O)(=O)Nc1ccccc1O. The van der Waals surface area contributed by atoms with Crippen molar-refractivity contribution in [1.82, 2.24) is 4.31 Å². The molecular weight excluding hydrogens is 252 g/mol. The van der Waals surface area contributed by atoms with Crippen molar-refractivity contribution in [3.05, 3.63) is 24.3 Å². The van der Waals surface area contributed by atoms with Crippen molar-refractivity contribution in [2.45, 2.75) is 32.2 Å². The zero-order valence-corrected chi connectivity index (χ0v) is 11.2. The molecule has 1 unspecified atom stereocenters. The lowest BCUT2D eigenvalue weighted by molar-refractivity contribution is 0.270. The molecule has 0 aliphatic carbocycles. The summed E-state index contributed by atoms with van der Waals surface area (Å²) < 4.78 is 28.3. The molecule has 100 valence electrons. The van der Waals surface area contributed by atoms with Gasteiger partial charge in [-0.15, -0.1) is 0 Å². The van der Waals surface area contributed by atoms with Crippen molar-refractivity contribution in [1.29, 1.82) is 0 Å². The molecule has 1 heterocycles. The number of para-hydroxylation sites is 2. The number of hydrogen-bond donors (Lipinski definition) is 2. The molecule has 0 saturated carbocycles. The number of phenolic OH excluding ortho intramolecular Hbond substituents is 1. The van der Waals surface area contributed by atoms with Crippen LogP contribution in [0.25, 0.3) is 0 Å². The number of benzene rings is 1. The Labute approximate surface area is 108 Å². The van der Waals surface area contributed by atoms with Crippen LogP contribution in [-0.2, 0) is 10.2 Å². The molecule has 18 heavy (non-hydrogen) atoms. The summed E-state index contributed by atoms with van der Waals surface area (Å²) in [5.41, 5.74) is 0.218. The number of nitrogens with one attached hydrogen (secondary N) is 1. The fraction of sp³-hybridized carbons (Fsp3) is 0.500. The Bertz CT molecular complexity index is 516. The van der Waals surface area contributed by atoms with Gasteiger partial charge in [0.25, 0.3) is 0 Å². The smallest absolute Gasteiger partial charge is 0.302 e. The zero-order chi connectivity index (χ0) is 13.2. The molecule has 2 N–H and O–H groups in total. The first-order valence-electron chi connectivity index (χ1n) is 6.08. The van der Waals surface area contributed by atoms with Gasteiger partial charge in [0.2, 0.25) is 0 Å². The quantitative estimate of drug-likeness (QED) is 0.824. The highest BCUT2D eigenvalue weighted by Gasteiger charge is 2.29. The van der Waals surface area contributed by atoms with Crippen LogP contribution in [0.2, 0.25) is 0 Å². The van der Waals surface area contributed by atoms with Crippen LogP contribution in [0, 0.1) is 0 Å². The summed E-state index contributed by atoms with van der Waals surface area (Å²) in [6.07, 6.45) is 2.82. The van der Waals surface area contributed by atoms with Gasteiger partial charge in [-0.3, -0.25) is 4.72 Å². The molecule has 1 aliphatic heterocycles. The van der Waals surface area contributed by atoms with Crippen LogP contribution in [0.5, 0.6) is 5.75 Å². The van der Waals surface area contributed by atoms with Gasteiger partial charge in [-0.05, 0) is 31.9 Å². The molecule has 6 heteroatoms. The average molecular weight is 270 g/mol. The van der Waals surface area contributed by atoms with Crippen molar-refractivity contribution < 1.29 is 13.5 Å². The van der Waals surface area contributed by atoms with Crippen LogP contribution in [-0.4, -0.2) is 30.4 Å². The largest absolute Gasteiger partial charge is 0.506 e. The summed E-state index contributed by atoms with van der Waals surface area (Å²) in [5.74, 6) is -0.0641. The minimum absolute atomic E-state index is 0.00195. The van der Waals surface area contributed by atoms with Crippen molar-refractivity contribution in [2.24, 2.45) is 0 Å². The fourth-order valence-electron chi connectivity index (χ4n) is 2.19. The van der Waals surface area contributed by atoms with Gasteiger partial charge < -0.3 is 5.11 Å². The lowest BCUT2D eigenvalue weighted by Gasteiger charge is -2.32. The lowest BCUT2D eigenvalue weighted by Crippen LogP contribution is -2.44. The van der Waals surface area contributed by atoms with Gasteiger partial charge in [0, 0.05) is 12.6 Å². The van der Waals surface area contributed by atoms with Crippen molar-refractivity contribution in [3.8, 4) is 5.75 Å². The van der Waals surface area contributed by atoms with Crippen LogP contribution in [0.4, 0.5) is 5.69 Å². The molecule has 0 radical (unpaired) electrons. The maximum absolute atomic E-state index is 12.2. The van der Waals surface area contributed by atoms with E-state index < -0.39 is 10.2 Å². The molecule has 0 bridgehead atoms. The molecule has 5 nitrogen and oxygen atoms in total. The standard InChI is InChI=1S/C12H18N2O3S/c1-10-6-4-5-9-14(10)18(16,17)13-11-7-2-3-8-12(11)15/h2-3,7-8,10,13,15H,4-6,9H2,1H3. The van der Waals surface area contributed by atoms with Gasteiger partial charge in [0.05, 0.1) is 5.69 Å². The number of aromatic hydroxyl groups is 1. The summed E-state index contributed by atoms with van der Waals surface area (Å²) in [4.78, 5) is 0. The molecule has 1 aromatic rings. The van der Waals surface area contributed by atoms with Crippen LogP contribution in [0.1, 0.15) is 26.2 Å². The van der Waals surface area contributed by atoms with Gasteiger partial charge >= 0.3 is 10.2 Å². The molecular formula is C12H18N2O3S. The van der Waals surface area contributed by atoms with E-state index in [1.807, 2.05) is 6.92 Å². The van der Waals surface area contributed by atoms with Crippen LogP contribution in [0.3, 0.4) is 0 Å². The van der Waals surface area contributed by atoms with Crippen molar-refractivity contribution in [3.63, 3.8) is 0 Å². The number of piperidine rings is 1. The molecule has 0 aromatic heterocycles. The van der Waals surface area contributed by atoms with Gasteiger partial charge in [0.1, 0.15) is 5.75 Å². The van der Waals surface area contributed by atoms with E-state index in [-0.39, 0.29) is 17.5 Å². The number of anilines is 1. The lowest BCUT2D eigenvalue weighted by atomic mass is 10.1. The minimum atomic E-state index is -3.58. The summed E-state index contributed by atoms with van der Waals surface area (Å²) in [6.45, 7) is 2.44. The zero-order valence-electron chi connectivity index (χ0n) is 10.3. The number of nitrogens with zero attached hydrogens (tertiary/aromatic N) is 1. The molecule has 0 amide bonds. The summed E-state index contributed by atoms with van der Waals surface area (Å²) in [5, 5.41) is 9.59. The normalized spacial score (nSPS) is 21.7. The Morgan fingerprint density at radius 1 is 1.33 bits per heavy atom. The second kappa shape index (κ2) is 5.16. The minimum Gasteiger partial charge on any atom is -0.506 e. The molecule has 1 saturated heterocycles. The van der Waals surface area contributed by atoms with E-state index in [4.69, 9.17) is 0 Å². The Hall–Kier alpha value is -1.27. The van der Waals surface area contributed by atoms with Crippen molar-refractivity contribution in [2.75, 3.05) is 11.3 Å². The van der Waals surface area contributed by atoms with E-state index in [2.05, 4.69) is 4.72 Å². The molecule has 2 rings (SSSR count). The fourth-order valence-corrected chi connectivity index (χ4v) is 3.70. The topological polar surface area (TPSA) is 69.6 Å². The Kier molecular flexibility index (Phi) is 3.77. The number of rotatable bonds is 3. The number of hydrogen-bond acceptors (Lipinski definition) is 3. The van der Waals surface area contributed by atoms with E-state index in [9.17, 15) is 13.5 Å². The Morgan fingerprint density at radius 3 is 2.72 bits per heavy atom. The van der Waals surface area contributed by atoms with E-state index in [0.717, 1.165) is 19.3 Å². The molecule has 1 atom stereocenters. The summed E-state index contributed by atoms with van der Waals surface area (Å²) >= 11 is 0. The van der Waals surface area contributed by atoms with Gasteiger partial charge in [-0.1, -0.05) is 18.6 Å². The molecule has 0 spiro atoms. The molecule has 1 aromatic carbocycles. The van der Waals surface area contributed by atoms with E-state index in [1.165, 1.54) is 10.4 Å². The first kappa shape index (κ1) is 13.2. The summed E-state index contributed by atoms with van der Waals surface area (Å²) in [7, 11) is -3.58. The van der Waals surface area contributed by atoms with Gasteiger partial charge in [-0.25, -0.2) is 0 Å². The van der Waals surface area contributed by atoms with Gasteiger partial charge in [0.15, 0.2) is 0 Å². The summed E-state index contributed by atoms with van der Waals surface area (Å²) in [6, 6.07) is 6.33. The third-order valence-corrected chi connectivity index (χ3v) is 4.83. The first-order chi connectivity index (χ1) is 8.50. The van der Waals surface area contributed by atoms with E-state index in [1.54, 1.807) is 18.2 Å². The van der Waals surface area contributed by atoms with Crippen LogP contribution >= 0.6 is 0 Å². The monoisotopic (exact) mass is 270 g/mol. The van der Waals surface area contributed by atoms with E-state index >= 15 is 0 Å². The average Bonchev–Trinajstić information content (AvgIpc) is 2.32. The Morgan fingerprint density at radius 2 is 2.06 bits per heavy atom.